The molecule has 0 saturated carbocycles. The summed E-state index contributed by atoms with van der Waals surface area (Å²) in [7, 11) is 1.63. The average Bonchev–Trinajstić information content (AvgIpc) is 2.58. The maximum atomic E-state index is 5.86. The molecule has 3 rings (SSSR count). The van der Waals surface area contributed by atoms with Gasteiger partial charge in [0.25, 0.3) is 0 Å². The third-order valence-corrected chi connectivity index (χ3v) is 3.98. The standard InChI is InChI=1S/C16H21N5O2/c1-11-8-17-16(18-9-11)23-13-4-6-21(7-5-13)14-12(2)15(22-3)20-10-19-14/h8-10,13H,4-7H2,1-3H3. The van der Waals surface area contributed by atoms with Gasteiger partial charge in [-0.05, 0) is 19.4 Å². The summed E-state index contributed by atoms with van der Waals surface area (Å²) >= 11 is 0. The molecule has 0 amide bonds. The molecule has 0 N–H and O–H groups in total. The van der Waals surface area contributed by atoms with Crippen molar-refractivity contribution < 1.29 is 9.47 Å². The minimum Gasteiger partial charge on any atom is -0.481 e. The van der Waals surface area contributed by atoms with Crippen molar-refractivity contribution in [2.45, 2.75) is 32.8 Å². The molecule has 1 aliphatic rings. The number of aryl methyl sites for hydroxylation is 1. The smallest absolute Gasteiger partial charge is 0.316 e. The molecule has 7 nitrogen and oxygen atoms in total. The minimum absolute atomic E-state index is 0.137. The molecule has 1 aliphatic heterocycles. The Morgan fingerprint density at radius 1 is 1.04 bits per heavy atom. The molecule has 2 aromatic rings. The summed E-state index contributed by atoms with van der Waals surface area (Å²) in [4.78, 5) is 19.2. The maximum absolute atomic E-state index is 5.86. The van der Waals surface area contributed by atoms with Gasteiger partial charge in [0.1, 0.15) is 18.2 Å². The van der Waals surface area contributed by atoms with Gasteiger partial charge in [-0.2, -0.15) is 0 Å². The average molecular weight is 315 g/mol. The number of anilines is 1. The second-order valence-corrected chi connectivity index (χ2v) is 5.68. The first-order chi connectivity index (χ1) is 11.2. The van der Waals surface area contributed by atoms with Crippen LogP contribution >= 0.6 is 0 Å². The van der Waals surface area contributed by atoms with E-state index in [-0.39, 0.29) is 6.10 Å². The van der Waals surface area contributed by atoms with E-state index in [0.717, 1.165) is 42.9 Å². The van der Waals surface area contributed by atoms with Crippen LogP contribution in [0.5, 0.6) is 11.9 Å². The summed E-state index contributed by atoms with van der Waals surface area (Å²) in [5.74, 6) is 1.56. The first kappa shape index (κ1) is 15.5. The molecule has 0 spiro atoms. The highest BCUT2D eigenvalue weighted by Gasteiger charge is 2.24. The van der Waals surface area contributed by atoms with Crippen LogP contribution in [-0.4, -0.2) is 46.2 Å². The summed E-state index contributed by atoms with van der Waals surface area (Å²) in [5.41, 5.74) is 2.00. The van der Waals surface area contributed by atoms with E-state index in [9.17, 15) is 0 Å². The summed E-state index contributed by atoms with van der Waals surface area (Å²) in [5, 5.41) is 0. The molecule has 3 heterocycles. The van der Waals surface area contributed by atoms with Gasteiger partial charge in [0, 0.05) is 38.3 Å². The van der Waals surface area contributed by atoms with Gasteiger partial charge >= 0.3 is 6.01 Å². The lowest BCUT2D eigenvalue weighted by molar-refractivity contribution is 0.156. The topological polar surface area (TPSA) is 73.3 Å². The number of nitrogens with zero attached hydrogens (tertiary/aromatic N) is 5. The second-order valence-electron chi connectivity index (χ2n) is 5.68. The van der Waals surface area contributed by atoms with Crippen molar-refractivity contribution in [1.29, 1.82) is 0 Å². The summed E-state index contributed by atoms with van der Waals surface area (Å²) in [6.07, 6.45) is 7.04. The summed E-state index contributed by atoms with van der Waals surface area (Å²) in [6, 6.07) is 0.453. The van der Waals surface area contributed by atoms with Crippen LogP contribution in [-0.2, 0) is 0 Å². The highest BCUT2D eigenvalue weighted by molar-refractivity contribution is 5.50. The number of ether oxygens (including phenoxy) is 2. The zero-order chi connectivity index (χ0) is 16.2. The quantitative estimate of drug-likeness (QED) is 0.853. The van der Waals surface area contributed by atoms with Crippen molar-refractivity contribution in [1.82, 2.24) is 19.9 Å². The molecule has 0 atom stereocenters. The fraction of sp³-hybridized carbons (Fsp3) is 0.500. The fourth-order valence-corrected chi connectivity index (χ4v) is 2.73. The van der Waals surface area contributed by atoms with E-state index in [1.165, 1.54) is 0 Å². The maximum Gasteiger partial charge on any atom is 0.316 e. The Hall–Kier alpha value is -2.44. The van der Waals surface area contributed by atoms with E-state index in [1.807, 2.05) is 13.8 Å². The Labute approximate surface area is 135 Å². The van der Waals surface area contributed by atoms with E-state index >= 15 is 0 Å². The monoisotopic (exact) mass is 315 g/mol. The molecular weight excluding hydrogens is 294 g/mol. The minimum atomic E-state index is 0.137. The first-order valence-electron chi connectivity index (χ1n) is 7.73. The number of hydrogen-bond donors (Lipinski definition) is 0. The SMILES string of the molecule is COc1ncnc(N2CCC(Oc3ncc(C)cn3)CC2)c1C. The molecule has 0 aromatic carbocycles. The van der Waals surface area contributed by atoms with Crippen molar-refractivity contribution >= 4 is 5.82 Å². The van der Waals surface area contributed by atoms with Gasteiger partial charge in [0.05, 0.1) is 12.7 Å². The Morgan fingerprint density at radius 3 is 2.39 bits per heavy atom. The Bertz CT molecular complexity index is 654. The van der Waals surface area contributed by atoms with Gasteiger partial charge in [0.2, 0.25) is 5.88 Å². The molecular formula is C16H21N5O2. The third-order valence-electron chi connectivity index (χ3n) is 3.98. The van der Waals surface area contributed by atoms with Crippen molar-refractivity contribution in [2.24, 2.45) is 0 Å². The van der Waals surface area contributed by atoms with E-state index in [1.54, 1.807) is 25.8 Å². The molecule has 122 valence electrons. The zero-order valence-corrected chi connectivity index (χ0v) is 13.7. The van der Waals surface area contributed by atoms with E-state index in [4.69, 9.17) is 9.47 Å². The molecule has 1 saturated heterocycles. The summed E-state index contributed by atoms with van der Waals surface area (Å²) < 4.78 is 11.1. The van der Waals surface area contributed by atoms with Crippen LogP contribution in [0.3, 0.4) is 0 Å². The number of hydrogen-bond acceptors (Lipinski definition) is 7. The van der Waals surface area contributed by atoms with Crippen LogP contribution < -0.4 is 14.4 Å². The van der Waals surface area contributed by atoms with Gasteiger partial charge in [-0.3, -0.25) is 0 Å². The number of rotatable bonds is 4. The van der Waals surface area contributed by atoms with E-state index in [0.29, 0.717) is 11.9 Å². The molecule has 23 heavy (non-hydrogen) atoms. The van der Waals surface area contributed by atoms with Gasteiger partial charge in [0.15, 0.2) is 0 Å². The van der Waals surface area contributed by atoms with Crippen LogP contribution in [0.25, 0.3) is 0 Å². The molecule has 0 radical (unpaired) electrons. The van der Waals surface area contributed by atoms with Gasteiger partial charge in [-0.1, -0.05) is 0 Å². The van der Waals surface area contributed by atoms with Crippen LogP contribution in [0.2, 0.25) is 0 Å². The number of piperidine rings is 1. The predicted octanol–water partition coefficient (Wildman–Crippen LogP) is 1.94. The Morgan fingerprint density at radius 2 is 1.74 bits per heavy atom. The van der Waals surface area contributed by atoms with Crippen LogP contribution in [0, 0.1) is 13.8 Å². The Kier molecular flexibility index (Phi) is 4.55. The normalized spacial score (nSPS) is 15.5. The molecule has 0 unspecified atom stereocenters. The lowest BCUT2D eigenvalue weighted by Crippen LogP contribution is -2.39. The summed E-state index contributed by atoms with van der Waals surface area (Å²) in [6.45, 7) is 5.69. The highest BCUT2D eigenvalue weighted by Crippen LogP contribution is 2.26. The molecule has 0 aliphatic carbocycles. The molecule has 7 heteroatoms. The molecule has 1 fully saturated rings. The lowest BCUT2D eigenvalue weighted by atomic mass is 10.1. The van der Waals surface area contributed by atoms with Crippen molar-refractivity contribution in [3.8, 4) is 11.9 Å². The largest absolute Gasteiger partial charge is 0.481 e. The van der Waals surface area contributed by atoms with Crippen molar-refractivity contribution in [3.05, 3.63) is 29.8 Å². The molecule has 0 bridgehead atoms. The highest BCUT2D eigenvalue weighted by atomic mass is 16.5. The second kappa shape index (κ2) is 6.76. The van der Waals surface area contributed by atoms with Crippen molar-refractivity contribution in [3.63, 3.8) is 0 Å². The predicted molar refractivity (Wildman–Crippen MR) is 86.0 cm³/mol. The van der Waals surface area contributed by atoms with E-state index in [2.05, 4.69) is 24.8 Å². The number of aromatic nitrogens is 4. The Balaban J connectivity index is 1.61. The van der Waals surface area contributed by atoms with E-state index < -0.39 is 0 Å². The number of methoxy groups -OCH3 is 1. The van der Waals surface area contributed by atoms with Crippen LogP contribution in [0.1, 0.15) is 24.0 Å². The third kappa shape index (κ3) is 3.49. The van der Waals surface area contributed by atoms with Crippen LogP contribution in [0.15, 0.2) is 18.7 Å². The van der Waals surface area contributed by atoms with Gasteiger partial charge in [-0.15, -0.1) is 0 Å². The fourth-order valence-electron chi connectivity index (χ4n) is 2.73. The zero-order valence-electron chi connectivity index (χ0n) is 13.7. The lowest BCUT2D eigenvalue weighted by Gasteiger charge is -2.33. The van der Waals surface area contributed by atoms with Gasteiger partial charge < -0.3 is 14.4 Å². The van der Waals surface area contributed by atoms with Gasteiger partial charge in [-0.25, -0.2) is 19.9 Å². The van der Waals surface area contributed by atoms with Crippen LogP contribution in [0.4, 0.5) is 5.82 Å². The first-order valence-corrected chi connectivity index (χ1v) is 7.73. The molecule has 2 aromatic heterocycles. The van der Waals surface area contributed by atoms with Crippen molar-refractivity contribution in [2.75, 3.05) is 25.1 Å².